The van der Waals surface area contributed by atoms with Crippen LogP contribution in [0.15, 0.2) is 34.0 Å². The Morgan fingerprint density at radius 3 is 2.62 bits per heavy atom. The van der Waals surface area contributed by atoms with Gasteiger partial charge in [0.2, 0.25) is 5.91 Å². The molecule has 0 fully saturated rings. The molecule has 8 nitrogen and oxygen atoms in total. The second-order valence-corrected chi connectivity index (χ2v) is 7.02. The molecule has 128 valence electrons. The summed E-state index contributed by atoms with van der Waals surface area (Å²) in [7, 11) is -4.13. The second-order valence-electron chi connectivity index (χ2n) is 4.52. The van der Waals surface area contributed by atoms with E-state index in [4.69, 9.17) is 23.8 Å². The van der Waals surface area contributed by atoms with Crippen LogP contribution in [0.1, 0.15) is 5.69 Å². The molecule has 4 N–H and O–H groups in total. The van der Waals surface area contributed by atoms with Gasteiger partial charge in [-0.1, -0.05) is 11.6 Å². The highest BCUT2D eigenvalue weighted by Gasteiger charge is 2.17. The molecular weight excluding hydrogens is 383 g/mol. The number of amides is 1. The molecule has 12 heteroatoms. The number of hydrogen-bond acceptors (Lipinski definition) is 5. The number of carbonyl (C=O) groups is 1. The first-order valence-electron chi connectivity index (χ1n) is 6.25. The number of hydrazine groups is 1. The lowest BCUT2D eigenvalue weighted by atomic mass is 10.3. The minimum atomic E-state index is -4.13. The minimum Gasteiger partial charge on any atom is -0.335 e. The maximum Gasteiger partial charge on any atom is 0.257 e. The zero-order valence-electron chi connectivity index (χ0n) is 11.7. The number of benzene rings is 1. The van der Waals surface area contributed by atoms with Gasteiger partial charge in [-0.15, -0.1) is 4.83 Å². The maximum atomic E-state index is 13.1. The van der Waals surface area contributed by atoms with Gasteiger partial charge in [-0.25, -0.2) is 12.8 Å². The molecule has 2 rings (SSSR count). The van der Waals surface area contributed by atoms with E-state index in [1.807, 2.05) is 10.3 Å². The van der Waals surface area contributed by atoms with Crippen molar-refractivity contribution in [1.82, 2.24) is 20.2 Å². The Morgan fingerprint density at radius 2 is 2.00 bits per heavy atom. The molecule has 24 heavy (non-hydrogen) atoms. The summed E-state index contributed by atoms with van der Waals surface area (Å²) in [6, 6.07) is 3.89. The van der Waals surface area contributed by atoms with Gasteiger partial charge >= 0.3 is 0 Å². The molecule has 2 aromatic rings. The molecule has 0 atom stereocenters. The van der Waals surface area contributed by atoms with Gasteiger partial charge in [0.05, 0.1) is 16.3 Å². The Labute approximate surface area is 145 Å². The third-order valence-electron chi connectivity index (χ3n) is 2.69. The number of rotatable bonds is 5. The topological polar surface area (TPSA) is 124 Å². The number of halogens is 2. The van der Waals surface area contributed by atoms with E-state index in [0.717, 1.165) is 24.3 Å². The average molecular weight is 393 g/mol. The van der Waals surface area contributed by atoms with Gasteiger partial charge in [-0.2, -0.15) is 0 Å². The molecule has 1 heterocycles. The molecule has 0 aliphatic heterocycles. The van der Waals surface area contributed by atoms with Crippen LogP contribution in [0.5, 0.6) is 0 Å². The van der Waals surface area contributed by atoms with Crippen molar-refractivity contribution in [3.05, 3.63) is 55.9 Å². The van der Waals surface area contributed by atoms with E-state index in [1.54, 1.807) is 0 Å². The van der Waals surface area contributed by atoms with E-state index in [-0.39, 0.29) is 26.8 Å². The van der Waals surface area contributed by atoms with E-state index in [2.05, 4.69) is 9.97 Å². The predicted molar refractivity (Wildman–Crippen MR) is 85.8 cm³/mol. The Bertz CT molecular complexity index is 974. The van der Waals surface area contributed by atoms with E-state index in [9.17, 15) is 22.4 Å². The number of aromatic amines is 2. The lowest BCUT2D eigenvalue weighted by Crippen LogP contribution is -2.42. The summed E-state index contributed by atoms with van der Waals surface area (Å²) in [6.07, 6.45) is -0.319. The van der Waals surface area contributed by atoms with Crippen LogP contribution in [0.4, 0.5) is 4.39 Å². The fourth-order valence-corrected chi connectivity index (χ4v) is 3.02. The van der Waals surface area contributed by atoms with Crippen LogP contribution in [0.25, 0.3) is 0 Å². The minimum absolute atomic E-state index is 0.0341. The average Bonchev–Trinajstić information content (AvgIpc) is 2.47. The lowest BCUT2D eigenvalue weighted by Gasteiger charge is -2.09. The van der Waals surface area contributed by atoms with Gasteiger partial charge in [-0.05, 0) is 30.4 Å². The molecule has 0 saturated carbocycles. The zero-order valence-corrected chi connectivity index (χ0v) is 14.1. The number of sulfonamides is 1. The summed E-state index contributed by atoms with van der Waals surface area (Å²) in [5.41, 5.74) is 1.67. The van der Waals surface area contributed by atoms with Crippen LogP contribution >= 0.6 is 23.8 Å². The van der Waals surface area contributed by atoms with Gasteiger partial charge in [0, 0.05) is 11.8 Å². The smallest absolute Gasteiger partial charge is 0.257 e. The van der Waals surface area contributed by atoms with E-state index < -0.39 is 27.3 Å². The van der Waals surface area contributed by atoms with Crippen LogP contribution < -0.4 is 15.8 Å². The molecule has 1 amide bonds. The molecular formula is C12H10ClFN4O4S2. The molecule has 1 aromatic carbocycles. The lowest BCUT2D eigenvalue weighted by molar-refractivity contribution is -0.120. The quantitative estimate of drug-likeness (QED) is 0.442. The summed E-state index contributed by atoms with van der Waals surface area (Å²) < 4.78 is 37.0. The standard InChI is InChI=1S/C12H10ClFN4O4S2/c13-8-5-7(1-2-9(8)14)24(21,22)18-17-11(20)4-6-3-10(19)16-12(23)15-6/h1-3,5,18H,4H2,(H,17,20)(H2,15,16,19,23). The maximum absolute atomic E-state index is 13.1. The molecule has 0 spiro atoms. The SMILES string of the molecule is O=C(Cc1cc(=O)[nH]c(=S)[nH]1)NNS(=O)(=O)c1ccc(F)c(Cl)c1. The summed E-state index contributed by atoms with van der Waals surface area (Å²) in [6.45, 7) is 0. The summed E-state index contributed by atoms with van der Waals surface area (Å²) in [5.74, 6) is -1.52. The predicted octanol–water partition coefficient (Wildman–Crippen LogP) is 0.777. The first kappa shape index (κ1) is 18.3. The Hall–Kier alpha value is -2.08. The van der Waals surface area contributed by atoms with E-state index >= 15 is 0 Å². The van der Waals surface area contributed by atoms with Crippen LogP contribution in [-0.4, -0.2) is 24.3 Å². The third-order valence-corrected chi connectivity index (χ3v) is 4.43. The Balaban J connectivity index is 2.05. The van der Waals surface area contributed by atoms with Crippen molar-refractivity contribution in [2.45, 2.75) is 11.3 Å². The third kappa shape index (κ3) is 4.71. The molecule has 0 saturated heterocycles. The van der Waals surface area contributed by atoms with Crippen LogP contribution in [-0.2, 0) is 21.2 Å². The number of nitrogens with one attached hydrogen (secondary N) is 4. The van der Waals surface area contributed by atoms with Crippen LogP contribution in [0, 0.1) is 10.6 Å². The van der Waals surface area contributed by atoms with Crippen molar-refractivity contribution in [3.63, 3.8) is 0 Å². The van der Waals surface area contributed by atoms with Gasteiger partial charge < -0.3 is 4.98 Å². The highest BCUT2D eigenvalue weighted by molar-refractivity contribution is 7.89. The van der Waals surface area contributed by atoms with E-state index in [1.165, 1.54) is 0 Å². The van der Waals surface area contributed by atoms with Crippen molar-refractivity contribution in [2.24, 2.45) is 0 Å². The Kier molecular flexibility index (Phi) is 5.49. The zero-order chi connectivity index (χ0) is 17.9. The van der Waals surface area contributed by atoms with Crippen LogP contribution in [0.3, 0.4) is 0 Å². The second kappa shape index (κ2) is 7.21. The summed E-state index contributed by atoms with van der Waals surface area (Å²) in [4.78, 5) is 29.3. The van der Waals surface area contributed by atoms with Gasteiger partial charge in [0.15, 0.2) is 4.77 Å². The molecule has 0 bridgehead atoms. The van der Waals surface area contributed by atoms with Crippen molar-refractivity contribution >= 4 is 39.7 Å². The van der Waals surface area contributed by atoms with Crippen LogP contribution in [0.2, 0.25) is 5.02 Å². The number of aromatic nitrogens is 2. The molecule has 0 radical (unpaired) electrons. The Morgan fingerprint density at radius 1 is 1.29 bits per heavy atom. The monoisotopic (exact) mass is 392 g/mol. The number of H-pyrrole nitrogens is 2. The number of hydrogen-bond donors (Lipinski definition) is 4. The van der Waals surface area contributed by atoms with E-state index in [0.29, 0.717) is 0 Å². The number of carbonyl (C=O) groups excluding carboxylic acids is 1. The normalized spacial score (nSPS) is 11.2. The molecule has 0 unspecified atom stereocenters. The fourth-order valence-electron chi connectivity index (χ4n) is 1.66. The summed E-state index contributed by atoms with van der Waals surface area (Å²) in [5, 5.41) is -0.375. The van der Waals surface area contributed by atoms with Crippen molar-refractivity contribution in [1.29, 1.82) is 0 Å². The largest absolute Gasteiger partial charge is 0.335 e. The van der Waals surface area contributed by atoms with Crippen molar-refractivity contribution in [2.75, 3.05) is 0 Å². The van der Waals surface area contributed by atoms with Gasteiger partial charge in [-0.3, -0.25) is 20.0 Å². The highest BCUT2D eigenvalue weighted by Crippen LogP contribution is 2.18. The first-order chi connectivity index (χ1) is 11.2. The van der Waals surface area contributed by atoms with Gasteiger partial charge in [0.1, 0.15) is 5.82 Å². The highest BCUT2D eigenvalue weighted by atomic mass is 35.5. The van der Waals surface area contributed by atoms with Crippen molar-refractivity contribution < 1.29 is 17.6 Å². The first-order valence-corrected chi connectivity index (χ1v) is 8.52. The fraction of sp³-hybridized carbons (Fsp3) is 0.0833. The molecule has 1 aromatic heterocycles. The van der Waals surface area contributed by atoms with Crippen molar-refractivity contribution in [3.8, 4) is 0 Å². The summed E-state index contributed by atoms with van der Waals surface area (Å²) >= 11 is 10.3. The van der Waals surface area contributed by atoms with Gasteiger partial charge in [0.25, 0.3) is 15.6 Å². The molecule has 0 aliphatic carbocycles. The molecule has 0 aliphatic rings.